The summed E-state index contributed by atoms with van der Waals surface area (Å²) in [6.07, 6.45) is 3.11. The molecule has 0 aliphatic carbocycles. The van der Waals surface area contributed by atoms with Gasteiger partial charge in [0.05, 0.1) is 43.3 Å². The second kappa shape index (κ2) is 11.7. The lowest BCUT2D eigenvalue weighted by Crippen LogP contribution is -2.40. The van der Waals surface area contributed by atoms with Crippen LogP contribution in [0.25, 0.3) is 16.6 Å². The number of hydrazine groups is 1. The van der Waals surface area contributed by atoms with E-state index in [1.165, 1.54) is 5.01 Å². The van der Waals surface area contributed by atoms with Crippen molar-refractivity contribution in [1.82, 2.24) is 15.1 Å². The fraction of sp³-hybridized carbons (Fsp3) is 0.320. The minimum Gasteiger partial charge on any atom is -0.466 e. The van der Waals surface area contributed by atoms with E-state index in [0.717, 1.165) is 22.9 Å². The molecule has 2 saturated heterocycles. The second-order valence-corrected chi connectivity index (χ2v) is 8.38. The highest BCUT2D eigenvalue weighted by Gasteiger charge is 2.18. The molecule has 0 radical (unpaired) electrons. The minimum absolute atomic E-state index is 0.0221. The Morgan fingerprint density at radius 1 is 1.17 bits per heavy atom. The maximum atomic E-state index is 12.6. The van der Waals surface area contributed by atoms with Crippen LogP contribution in [-0.2, 0) is 20.9 Å². The molecule has 3 heterocycles. The maximum Gasteiger partial charge on any atom is 0.305 e. The van der Waals surface area contributed by atoms with Crippen molar-refractivity contribution in [3.63, 3.8) is 0 Å². The smallest absolute Gasteiger partial charge is 0.305 e. The van der Waals surface area contributed by atoms with Crippen molar-refractivity contribution in [1.29, 1.82) is 0 Å². The molecule has 0 unspecified atom stereocenters. The maximum absolute atomic E-state index is 12.6. The highest BCUT2D eigenvalue weighted by molar-refractivity contribution is 5.95. The summed E-state index contributed by atoms with van der Waals surface area (Å²) in [7, 11) is 0. The normalized spacial score (nSPS) is 15.9. The number of hydrogen-bond acceptors (Lipinski definition) is 9. The summed E-state index contributed by atoms with van der Waals surface area (Å²) >= 11 is 0. The number of esters is 1. The number of amides is 1. The summed E-state index contributed by atoms with van der Waals surface area (Å²) in [5.41, 5.74) is 10.0. The lowest BCUT2D eigenvalue weighted by Gasteiger charge is -2.27. The van der Waals surface area contributed by atoms with Gasteiger partial charge in [-0.15, -0.1) is 0 Å². The quantitative estimate of drug-likeness (QED) is 0.234. The number of fused-ring (bicyclic) bond motifs is 1. The van der Waals surface area contributed by atoms with Crippen LogP contribution in [0.2, 0.25) is 0 Å². The number of ether oxygens (including phenoxy) is 2. The Balaban J connectivity index is 0.000000445. The molecule has 5 rings (SSSR count). The number of nitrogens with zero attached hydrogens (tertiary/aromatic N) is 3. The van der Waals surface area contributed by atoms with Gasteiger partial charge in [0.15, 0.2) is 0 Å². The molecule has 0 atom stereocenters. The van der Waals surface area contributed by atoms with E-state index in [4.69, 9.17) is 16.3 Å². The largest absolute Gasteiger partial charge is 0.466 e. The van der Waals surface area contributed by atoms with Gasteiger partial charge in [0.1, 0.15) is 5.69 Å². The molecule has 6 N–H and O–H groups in total. The van der Waals surface area contributed by atoms with E-state index in [1.807, 2.05) is 18.2 Å². The molecule has 0 bridgehead atoms. The first-order valence-electron chi connectivity index (χ1n) is 11.7. The SMILES string of the molecule is N/C(=C\N(N)c1ccc(C(=O)N2CCOCC2)cc1)c1n[nH]c2ccc(CO)cc12.O=C1CCCO1. The topological polar surface area (TPSA) is 160 Å². The van der Waals surface area contributed by atoms with Gasteiger partial charge in [0.25, 0.3) is 5.91 Å². The number of nitrogens with one attached hydrogen (secondary N) is 1. The van der Waals surface area contributed by atoms with Crippen molar-refractivity contribution in [3.05, 3.63) is 65.5 Å². The van der Waals surface area contributed by atoms with Gasteiger partial charge in [0.2, 0.25) is 0 Å². The van der Waals surface area contributed by atoms with Gasteiger partial charge in [-0.25, -0.2) is 5.84 Å². The zero-order valence-electron chi connectivity index (χ0n) is 19.9. The molecule has 11 nitrogen and oxygen atoms in total. The van der Waals surface area contributed by atoms with Gasteiger partial charge in [0, 0.05) is 36.7 Å². The molecule has 2 aromatic carbocycles. The highest BCUT2D eigenvalue weighted by Crippen LogP contribution is 2.23. The number of aliphatic hydroxyl groups excluding tert-OH is 1. The van der Waals surface area contributed by atoms with Crippen LogP contribution >= 0.6 is 0 Å². The molecule has 190 valence electrons. The van der Waals surface area contributed by atoms with Crippen LogP contribution in [-0.4, -0.2) is 65.0 Å². The van der Waals surface area contributed by atoms with Gasteiger partial charge in [-0.1, -0.05) is 6.07 Å². The van der Waals surface area contributed by atoms with Crippen LogP contribution in [0.15, 0.2) is 48.7 Å². The molecule has 3 aromatic rings. The number of rotatable bonds is 5. The lowest BCUT2D eigenvalue weighted by atomic mass is 10.1. The van der Waals surface area contributed by atoms with Crippen LogP contribution in [0.5, 0.6) is 0 Å². The average Bonchev–Trinajstić information content (AvgIpc) is 3.57. The van der Waals surface area contributed by atoms with Crippen LogP contribution < -0.4 is 16.6 Å². The second-order valence-electron chi connectivity index (χ2n) is 8.38. The van der Waals surface area contributed by atoms with Crippen LogP contribution in [0.3, 0.4) is 0 Å². The number of aliphatic hydroxyl groups is 1. The Bertz CT molecular complexity index is 1230. The van der Waals surface area contributed by atoms with Gasteiger partial charge in [-0.05, 0) is 48.4 Å². The number of H-pyrrole nitrogens is 1. The summed E-state index contributed by atoms with van der Waals surface area (Å²) in [6, 6.07) is 12.5. The van der Waals surface area contributed by atoms with Crippen LogP contribution in [0, 0.1) is 0 Å². The zero-order chi connectivity index (χ0) is 25.5. The molecule has 1 amide bonds. The summed E-state index contributed by atoms with van der Waals surface area (Å²) in [5, 5.41) is 18.7. The molecule has 2 aliphatic rings. The Morgan fingerprint density at radius 3 is 2.53 bits per heavy atom. The molecule has 36 heavy (non-hydrogen) atoms. The van der Waals surface area contributed by atoms with E-state index in [1.54, 1.807) is 35.4 Å². The number of aromatic amines is 1. The predicted molar refractivity (Wildman–Crippen MR) is 134 cm³/mol. The van der Waals surface area contributed by atoms with E-state index >= 15 is 0 Å². The summed E-state index contributed by atoms with van der Waals surface area (Å²) in [6.45, 7) is 2.89. The van der Waals surface area contributed by atoms with Crippen molar-refractivity contribution < 1.29 is 24.2 Å². The van der Waals surface area contributed by atoms with E-state index in [2.05, 4.69) is 14.9 Å². The summed E-state index contributed by atoms with van der Waals surface area (Å²) < 4.78 is 9.80. The predicted octanol–water partition coefficient (Wildman–Crippen LogP) is 1.49. The monoisotopic (exact) mass is 494 g/mol. The van der Waals surface area contributed by atoms with Crippen molar-refractivity contribution in [3.8, 4) is 0 Å². The van der Waals surface area contributed by atoms with Crippen molar-refractivity contribution in [2.75, 3.05) is 37.9 Å². The highest BCUT2D eigenvalue weighted by atomic mass is 16.5. The number of benzene rings is 2. The van der Waals surface area contributed by atoms with Crippen LogP contribution in [0.4, 0.5) is 5.69 Å². The Labute approximate surface area is 208 Å². The molecule has 2 fully saturated rings. The summed E-state index contributed by atoms with van der Waals surface area (Å²) in [5.74, 6) is 6.09. The number of carbonyl (C=O) groups excluding carboxylic acids is 2. The van der Waals surface area contributed by atoms with E-state index in [0.29, 0.717) is 62.0 Å². The number of hydrogen-bond donors (Lipinski definition) is 4. The third-order valence-electron chi connectivity index (χ3n) is 5.86. The number of cyclic esters (lactones) is 1. The molecule has 1 aromatic heterocycles. The van der Waals surface area contributed by atoms with E-state index < -0.39 is 0 Å². The number of nitrogens with two attached hydrogens (primary N) is 2. The molecule has 11 heteroatoms. The molecular formula is C25H30N6O5. The number of carbonyl (C=O) groups is 2. The van der Waals surface area contributed by atoms with Gasteiger partial charge < -0.3 is 25.2 Å². The summed E-state index contributed by atoms with van der Waals surface area (Å²) in [4.78, 5) is 24.4. The van der Waals surface area contributed by atoms with E-state index in [9.17, 15) is 14.7 Å². The first-order chi connectivity index (χ1) is 17.5. The first kappa shape index (κ1) is 25.2. The standard InChI is InChI=1S/C21H24N6O3.C4H6O2/c22-18(20-17-11-14(13-28)1-6-19(17)24-25-20)12-27(23)16-4-2-15(3-5-16)21(29)26-7-9-30-10-8-26;5-4-2-1-3-6-4/h1-6,11-12,28H,7-10,13,22-23H2,(H,24,25);1-3H2/b18-12-;. The molecular weight excluding hydrogens is 464 g/mol. The average molecular weight is 495 g/mol. The third-order valence-corrected chi connectivity index (χ3v) is 5.86. The molecule has 0 spiro atoms. The number of aromatic nitrogens is 2. The first-order valence-corrected chi connectivity index (χ1v) is 11.7. The van der Waals surface area contributed by atoms with Gasteiger partial charge >= 0.3 is 5.97 Å². The van der Waals surface area contributed by atoms with Crippen LogP contribution in [0.1, 0.15) is 34.5 Å². The fourth-order valence-corrected chi connectivity index (χ4v) is 3.86. The molecule has 2 aliphatic heterocycles. The zero-order valence-corrected chi connectivity index (χ0v) is 19.9. The Hall–Kier alpha value is -3.93. The Morgan fingerprint density at radius 2 is 1.92 bits per heavy atom. The number of anilines is 1. The third kappa shape index (κ3) is 6.00. The fourth-order valence-electron chi connectivity index (χ4n) is 3.86. The van der Waals surface area contributed by atoms with Gasteiger partial charge in [-0.3, -0.25) is 19.7 Å². The lowest BCUT2D eigenvalue weighted by molar-refractivity contribution is -0.137. The van der Waals surface area contributed by atoms with Crippen molar-refractivity contribution in [2.24, 2.45) is 11.6 Å². The number of morpholine rings is 1. The van der Waals surface area contributed by atoms with Gasteiger partial charge in [-0.2, -0.15) is 5.10 Å². The molecule has 0 saturated carbocycles. The minimum atomic E-state index is -0.0668. The van der Waals surface area contributed by atoms with Crippen molar-refractivity contribution >= 4 is 34.2 Å². The van der Waals surface area contributed by atoms with E-state index in [-0.39, 0.29) is 18.5 Å². The van der Waals surface area contributed by atoms with Crippen molar-refractivity contribution in [2.45, 2.75) is 19.4 Å². The Kier molecular flexibility index (Phi) is 8.16.